The fourth-order valence-corrected chi connectivity index (χ4v) is 3.66. The first-order valence-electron chi connectivity index (χ1n) is 8.93. The number of amides is 1. The van der Waals surface area contributed by atoms with E-state index in [0.717, 1.165) is 23.1 Å². The summed E-state index contributed by atoms with van der Waals surface area (Å²) in [4.78, 5) is 12.7. The van der Waals surface area contributed by atoms with Crippen LogP contribution in [0.1, 0.15) is 23.1 Å². The number of carbonyl (C=O) groups is 1. The van der Waals surface area contributed by atoms with Gasteiger partial charge in [0, 0.05) is 5.41 Å². The van der Waals surface area contributed by atoms with E-state index in [1.54, 1.807) is 30.5 Å². The minimum atomic E-state index is -0.291. The molecule has 4 rings (SSSR count). The van der Waals surface area contributed by atoms with E-state index in [0.29, 0.717) is 0 Å². The molecule has 0 unspecified atom stereocenters. The van der Waals surface area contributed by atoms with Crippen LogP contribution in [0.5, 0.6) is 5.75 Å². The molecule has 0 aliphatic heterocycles. The molecule has 1 aliphatic rings. The van der Waals surface area contributed by atoms with Gasteiger partial charge in [-0.3, -0.25) is 4.79 Å². The van der Waals surface area contributed by atoms with Gasteiger partial charge < -0.3 is 5.11 Å². The first kappa shape index (κ1) is 17.0. The minimum absolute atomic E-state index is 0.0854. The Morgan fingerprint density at radius 1 is 0.926 bits per heavy atom. The van der Waals surface area contributed by atoms with Crippen LogP contribution in [0.2, 0.25) is 0 Å². The van der Waals surface area contributed by atoms with Gasteiger partial charge in [0.05, 0.1) is 12.1 Å². The van der Waals surface area contributed by atoms with Crippen molar-refractivity contribution in [2.45, 2.75) is 11.8 Å². The predicted molar refractivity (Wildman–Crippen MR) is 106 cm³/mol. The summed E-state index contributed by atoms with van der Waals surface area (Å²) < 4.78 is 0. The molecule has 0 saturated heterocycles. The molecule has 0 radical (unpaired) electrons. The van der Waals surface area contributed by atoms with Crippen molar-refractivity contribution in [1.82, 2.24) is 5.43 Å². The second-order valence-electron chi connectivity index (χ2n) is 6.79. The van der Waals surface area contributed by atoms with Gasteiger partial charge in [0.25, 0.3) is 0 Å². The number of hydrazone groups is 1. The Morgan fingerprint density at radius 2 is 1.48 bits per heavy atom. The highest BCUT2D eigenvalue weighted by atomic mass is 16.3. The third-order valence-electron chi connectivity index (χ3n) is 5.14. The van der Waals surface area contributed by atoms with E-state index in [2.05, 4.69) is 34.8 Å². The normalized spacial score (nSPS) is 17.6. The molecule has 1 fully saturated rings. The Bertz CT molecular complexity index is 911. The van der Waals surface area contributed by atoms with Gasteiger partial charge in [0.1, 0.15) is 5.75 Å². The van der Waals surface area contributed by atoms with Crippen molar-refractivity contribution in [2.75, 3.05) is 0 Å². The molecule has 0 aromatic heterocycles. The molecule has 4 nitrogen and oxygen atoms in total. The number of phenolic OH excluding ortho intramolecular Hbond substituents is 1. The summed E-state index contributed by atoms with van der Waals surface area (Å²) in [6.07, 6.45) is 2.34. The third-order valence-corrected chi connectivity index (χ3v) is 5.14. The van der Waals surface area contributed by atoms with Crippen molar-refractivity contribution >= 4 is 12.1 Å². The average molecular weight is 356 g/mol. The zero-order valence-corrected chi connectivity index (χ0v) is 14.7. The Labute approximate surface area is 158 Å². The molecule has 4 heteroatoms. The molecule has 1 atom stereocenters. The largest absolute Gasteiger partial charge is 0.508 e. The highest BCUT2D eigenvalue weighted by Gasteiger charge is 2.60. The molecule has 2 N–H and O–H groups in total. The van der Waals surface area contributed by atoms with Gasteiger partial charge in [-0.05, 0) is 47.4 Å². The van der Waals surface area contributed by atoms with Crippen LogP contribution in [0.4, 0.5) is 0 Å². The maximum atomic E-state index is 12.7. The molecule has 1 amide bonds. The van der Waals surface area contributed by atoms with Crippen LogP contribution in [0.25, 0.3) is 0 Å². The minimum Gasteiger partial charge on any atom is -0.508 e. The lowest BCUT2D eigenvalue weighted by Gasteiger charge is -2.18. The molecular formula is C23H20N2O2. The SMILES string of the molecule is O=C(N/N=C\c1ccc(O)cc1)[C@H]1CC1(c1ccccc1)c1ccccc1. The highest BCUT2D eigenvalue weighted by Crippen LogP contribution is 2.58. The van der Waals surface area contributed by atoms with E-state index in [9.17, 15) is 9.90 Å². The lowest BCUT2D eigenvalue weighted by atomic mass is 9.85. The predicted octanol–water partition coefficient (Wildman–Crippen LogP) is 3.85. The van der Waals surface area contributed by atoms with Gasteiger partial charge in [0.15, 0.2) is 0 Å². The van der Waals surface area contributed by atoms with Gasteiger partial charge in [-0.2, -0.15) is 5.10 Å². The summed E-state index contributed by atoms with van der Waals surface area (Å²) in [6, 6.07) is 27.0. The Morgan fingerprint density at radius 3 is 2.04 bits per heavy atom. The Kier molecular flexibility index (Phi) is 4.47. The molecule has 1 aliphatic carbocycles. The first-order valence-corrected chi connectivity index (χ1v) is 8.93. The summed E-state index contributed by atoms with van der Waals surface area (Å²) in [5.74, 6) is -0.0401. The van der Waals surface area contributed by atoms with Crippen LogP contribution >= 0.6 is 0 Å². The average Bonchev–Trinajstić information content (AvgIpc) is 3.48. The number of nitrogens with one attached hydrogen (secondary N) is 1. The van der Waals surface area contributed by atoms with E-state index in [1.807, 2.05) is 36.4 Å². The van der Waals surface area contributed by atoms with Crippen LogP contribution in [0.3, 0.4) is 0 Å². The molecule has 0 heterocycles. The number of nitrogens with zero attached hydrogens (tertiary/aromatic N) is 1. The second-order valence-corrected chi connectivity index (χ2v) is 6.79. The first-order chi connectivity index (χ1) is 13.2. The van der Waals surface area contributed by atoms with Crippen LogP contribution in [-0.2, 0) is 10.2 Å². The lowest BCUT2D eigenvalue weighted by Crippen LogP contribution is -2.25. The van der Waals surface area contributed by atoms with Crippen molar-refractivity contribution in [2.24, 2.45) is 11.0 Å². The van der Waals surface area contributed by atoms with Crippen LogP contribution in [-0.4, -0.2) is 17.2 Å². The third kappa shape index (κ3) is 3.34. The molecular weight excluding hydrogens is 336 g/mol. The van der Waals surface area contributed by atoms with Gasteiger partial charge in [0.2, 0.25) is 5.91 Å². The molecule has 134 valence electrons. The summed E-state index contributed by atoms with van der Waals surface area (Å²) in [5.41, 5.74) is 5.49. The molecule has 27 heavy (non-hydrogen) atoms. The fourth-order valence-electron chi connectivity index (χ4n) is 3.66. The Balaban J connectivity index is 1.53. The van der Waals surface area contributed by atoms with Crippen molar-refractivity contribution in [3.63, 3.8) is 0 Å². The second kappa shape index (κ2) is 7.08. The summed E-state index contributed by atoms with van der Waals surface area (Å²) >= 11 is 0. The van der Waals surface area contributed by atoms with E-state index in [1.165, 1.54) is 0 Å². The smallest absolute Gasteiger partial charge is 0.244 e. The lowest BCUT2D eigenvalue weighted by molar-refractivity contribution is -0.122. The van der Waals surface area contributed by atoms with Crippen molar-refractivity contribution in [3.8, 4) is 5.75 Å². The summed E-state index contributed by atoms with van der Waals surface area (Å²) in [6.45, 7) is 0. The summed E-state index contributed by atoms with van der Waals surface area (Å²) in [5, 5.41) is 13.4. The van der Waals surface area contributed by atoms with Crippen molar-refractivity contribution < 1.29 is 9.90 Å². The zero-order chi connectivity index (χ0) is 18.7. The molecule has 0 spiro atoms. The number of hydrogen-bond donors (Lipinski definition) is 2. The van der Waals surface area contributed by atoms with Crippen LogP contribution in [0, 0.1) is 5.92 Å². The van der Waals surface area contributed by atoms with Gasteiger partial charge >= 0.3 is 0 Å². The molecule has 3 aromatic carbocycles. The number of rotatable bonds is 5. The topological polar surface area (TPSA) is 61.7 Å². The standard InChI is InChI=1S/C23H20N2O2/c26-20-13-11-17(12-14-20)16-24-25-22(27)21-15-23(21,18-7-3-1-4-8-18)19-9-5-2-6-10-19/h1-14,16,21,26H,15H2,(H,25,27)/b24-16-/t21-/m1/s1. The monoisotopic (exact) mass is 356 g/mol. The van der Waals surface area contributed by atoms with E-state index >= 15 is 0 Å². The molecule has 0 bridgehead atoms. The number of hydrogen-bond acceptors (Lipinski definition) is 3. The maximum Gasteiger partial charge on any atom is 0.244 e. The van der Waals surface area contributed by atoms with Crippen molar-refractivity contribution in [3.05, 3.63) is 102 Å². The maximum absolute atomic E-state index is 12.7. The Hall–Kier alpha value is -3.40. The molecule has 1 saturated carbocycles. The number of aromatic hydroxyl groups is 1. The van der Waals surface area contributed by atoms with Gasteiger partial charge in [-0.1, -0.05) is 60.7 Å². The quantitative estimate of drug-likeness (QED) is 0.539. The van der Waals surface area contributed by atoms with Gasteiger partial charge in [-0.15, -0.1) is 0 Å². The van der Waals surface area contributed by atoms with E-state index < -0.39 is 0 Å². The number of phenols is 1. The van der Waals surface area contributed by atoms with Crippen molar-refractivity contribution in [1.29, 1.82) is 0 Å². The number of benzene rings is 3. The summed E-state index contributed by atoms with van der Waals surface area (Å²) in [7, 11) is 0. The molecule has 3 aromatic rings. The highest BCUT2D eigenvalue weighted by molar-refractivity contribution is 5.87. The fraction of sp³-hybridized carbons (Fsp3) is 0.130. The van der Waals surface area contributed by atoms with Crippen LogP contribution < -0.4 is 5.43 Å². The van der Waals surface area contributed by atoms with Crippen LogP contribution in [0.15, 0.2) is 90.0 Å². The van der Waals surface area contributed by atoms with E-state index in [-0.39, 0.29) is 23.0 Å². The van der Waals surface area contributed by atoms with Gasteiger partial charge in [-0.25, -0.2) is 5.43 Å². The van der Waals surface area contributed by atoms with E-state index in [4.69, 9.17) is 0 Å². The zero-order valence-electron chi connectivity index (χ0n) is 14.7. The number of carbonyl (C=O) groups excluding carboxylic acids is 1.